The molecule has 0 bridgehead atoms. The number of ketones is 2. The van der Waals surface area contributed by atoms with Crippen LogP contribution in [-0.4, -0.2) is 53.1 Å². The monoisotopic (exact) mass is 462 g/mol. The average molecular weight is 463 g/mol. The van der Waals surface area contributed by atoms with Crippen LogP contribution in [0.15, 0.2) is 23.8 Å². The van der Waals surface area contributed by atoms with Gasteiger partial charge in [-0.25, -0.2) is 4.39 Å². The minimum absolute atomic E-state index is 0.124. The molecule has 0 spiro atoms. The van der Waals surface area contributed by atoms with Crippen molar-refractivity contribution in [1.29, 1.82) is 0 Å². The molecule has 1 N–H and O–H groups in total. The van der Waals surface area contributed by atoms with Crippen LogP contribution in [0.2, 0.25) is 0 Å². The third kappa shape index (κ3) is 3.40. The molecule has 0 aromatic rings. The fraction of sp³-hybridized carbons (Fsp3) is 0.680. The number of aliphatic hydroxyl groups excluding tert-OH is 1. The predicted octanol–water partition coefficient (Wildman–Crippen LogP) is 2.65. The van der Waals surface area contributed by atoms with Gasteiger partial charge in [0, 0.05) is 30.6 Å². The highest BCUT2D eigenvalue weighted by Gasteiger charge is 2.71. The Morgan fingerprint density at radius 1 is 1.21 bits per heavy atom. The number of ether oxygens (including phenoxy) is 2. The van der Waals surface area contributed by atoms with E-state index in [2.05, 4.69) is 0 Å². The maximum atomic E-state index is 15.4. The third-order valence-corrected chi connectivity index (χ3v) is 8.77. The molecule has 0 radical (unpaired) electrons. The lowest BCUT2D eigenvalue weighted by molar-refractivity contribution is -0.201. The summed E-state index contributed by atoms with van der Waals surface area (Å²) in [5.41, 5.74) is -2.94. The highest BCUT2D eigenvalue weighted by Crippen LogP contribution is 2.68. The molecule has 4 aliphatic carbocycles. The Morgan fingerprint density at radius 3 is 2.55 bits per heavy atom. The van der Waals surface area contributed by atoms with Gasteiger partial charge < -0.3 is 14.6 Å². The summed E-state index contributed by atoms with van der Waals surface area (Å²) in [6.45, 7) is 5.56. The molecule has 0 saturated heterocycles. The standard InChI is InChI=1S/C25H31FO7/c1-13(27)32-12-21(31)25(33-14(2)28)8-6-17-16-10-19(26)18-9-15(29)5-7-23(18,3)22(16)20(30)11-24(17,25)4/h5,7,9,16-17,19-20,22,30H,6,8,10-12H2,1-4H3/t16-,17-,19?,20?,22+,23-,24-,25-/m0/s1. The summed E-state index contributed by atoms with van der Waals surface area (Å²) < 4.78 is 26.1. The zero-order chi connectivity index (χ0) is 24.3. The van der Waals surface area contributed by atoms with Gasteiger partial charge in [0.25, 0.3) is 0 Å². The lowest BCUT2D eigenvalue weighted by Gasteiger charge is -2.60. The Morgan fingerprint density at radius 2 is 1.91 bits per heavy atom. The molecule has 0 amide bonds. The quantitative estimate of drug-likeness (QED) is 0.640. The Kier molecular flexibility index (Phi) is 5.67. The summed E-state index contributed by atoms with van der Waals surface area (Å²) in [6.07, 6.45) is 3.24. The van der Waals surface area contributed by atoms with Gasteiger partial charge in [-0.05, 0) is 55.2 Å². The fourth-order valence-corrected chi connectivity index (χ4v) is 7.53. The second kappa shape index (κ2) is 7.86. The van der Waals surface area contributed by atoms with Gasteiger partial charge in [0.15, 0.2) is 18.0 Å². The van der Waals surface area contributed by atoms with Crippen LogP contribution in [0.1, 0.15) is 53.4 Å². The van der Waals surface area contributed by atoms with E-state index in [9.17, 15) is 24.3 Å². The minimum atomic E-state index is -1.56. The first-order chi connectivity index (χ1) is 15.4. The van der Waals surface area contributed by atoms with Crippen LogP contribution in [0.25, 0.3) is 0 Å². The second-order valence-corrected chi connectivity index (χ2v) is 10.5. The van der Waals surface area contributed by atoms with Gasteiger partial charge in [0.05, 0.1) is 6.10 Å². The van der Waals surface area contributed by atoms with Crippen molar-refractivity contribution in [3.05, 3.63) is 23.8 Å². The van der Waals surface area contributed by atoms with E-state index in [1.807, 2.05) is 13.8 Å². The number of alkyl halides is 1. The van der Waals surface area contributed by atoms with Gasteiger partial charge in [-0.1, -0.05) is 19.9 Å². The van der Waals surface area contributed by atoms with Crippen LogP contribution in [0, 0.1) is 28.6 Å². The van der Waals surface area contributed by atoms with Gasteiger partial charge in [-0.3, -0.25) is 19.2 Å². The molecule has 0 aromatic heterocycles. The lowest BCUT2D eigenvalue weighted by atomic mass is 9.46. The molecule has 2 unspecified atom stereocenters. The largest absolute Gasteiger partial charge is 0.458 e. The number of rotatable bonds is 4. The van der Waals surface area contributed by atoms with Crippen LogP contribution in [0.5, 0.6) is 0 Å². The van der Waals surface area contributed by atoms with Crippen LogP contribution >= 0.6 is 0 Å². The van der Waals surface area contributed by atoms with E-state index in [0.717, 1.165) is 0 Å². The Balaban J connectivity index is 1.76. The molecular weight excluding hydrogens is 431 g/mol. The first kappa shape index (κ1) is 23.8. The number of hydrogen-bond acceptors (Lipinski definition) is 7. The first-order valence-corrected chi connectivity index (χ1v) is 11.5. The molecule has 4 aliphatic rings. The van der Waals surface area contributed by atoms with E-state index in [0.29, 0.717) is 12.0 Å². The number of carbonyl (C=O) groups is 4. The summed E-state index contributed by atoms with van der Waals surface area (Å²) >= 11 is 0. The number of Topliss-reactive ketones (excluding diaryl/α,β-unsaturated/α-hetero) is 1. The minimum Gasteiger partial charge on any atom is -0.458 e. The van der Waals surface area contributed by atoms with Crippen LogP contribution in [0.3, 0.4) is 0 Å². The molecule has 4 rings (SSSR count). The third-order valence-electron chi connectivity index (χ3n) is 8.77. The molecule has 33 heavy (non-hydrogen) atoms. The van der Waals surface area contributed by atoms with E-state index in [4.69, 9.17) is 9.47 Å². The van der Waals surface area contributed by atoms with E-state index in [1.54, 1.807) is 6.08 Å². The summed E-state index contributed by atoms with van der Waals surface area (Å²) in [5, 5.41) is 11.4. The van der Waals surface area contributed by atoms with Crippen molar-refractivity contribution in [1.82, 2.24) is 0 Å². The predicted molar refractivity (Wildman–Crippen MR) is 114 cm³/mol. The molecule has 0 aliphatic heterocycles. The second-order valence-electron chi connectivity index (χ2n) is 10.5. The van der Waals surface area contributed by atoms with E-state index < -0.39 is 53.0 Å². The Bertz CT molecular complexity index is 970. The molecule has 3 saturated carbocycles. The van der Waals surface area contributed by atoms with Crippen LogP contribution < -0.4 is 0 Å². The molecule has 180 valence electrons. The van der Waals surface area contributed by atoms with Gasteiger partial charge >= 0.3 is 11.9 Å². The summed E-state index contributed by atoms with van der Waals surface area (Å²) in [6, 6.07) is 0. The van der Waals surface area contributed by atoms with Crippen molar-refractivity contribution >= 4 is 23.5 Å². The lowest BCUT2D eigenvalue weighted by Crippen LogP contribution is -2.63. The number of hydrogen-bond donors (Lipinski definition) is 1. The number of aliphatic hydroxyl groups is 1. The maximum absolute atomic E-state index is 15.4. The van der Waals surface area contributed by atoms with Crippen molar-refractivity contribution in [2.24, 2.45) is 28.6 Å². The average Bonchev–Trinajstić information content (AvgIpc) is 2.99. The van der Waals surface area contributed by atoms with Crippen molar-refractivity contribution < 1.29 is 38.1 Å². The van der Waals surface area contributed by atoms with Gasteiger partial charge in [-0.15, -0.1) is 0 Å². The van der Waals surface area contributed by atoms with Crippen molar-refractivity contribution in [2.75, 3.05) is 6.61 Å². The Hall–Kier alpha value is -2.35. The molecule has 3 fully saturated rings. The molecule has 7 nitrogen and oxygen atoms in total. The number of carbonyl (C=O) groups excluding carboxylic acids is 4. The number of fused-ring (bicyclic) bond motifs is 5. The number of esters is 2. The number of allylic oxidation sites excluding steroid dienone is 4. The smallest absolute Gasteiger partial charge is 0.303 e. The molecule has 8 atom stereocenters. The zero-order valence-electron chi connectivity index (χ0n) is 19.4. The fourth-order valence-electron chi connectivity index (χ4n) is 7.53. The number of halogens is 1. The molecular formula is C25H31FO7. The molecule has 8 heteroatoms. The van der Waals surface area contributed by atoms with E-state index >= 15 is 4.39 Å². The molecule has 0 heterocycles. The van der Waals surface area contributed by atoms with Crippen molar-refractivity contribution in [3.8, 4) is 0 Å². The van der Waals surface area contributed by atoms with Crippen molar-refractivity contribution in [2.45, 2.75) is 71.3 Å². The summed E-state index contributed by atoms with van der Waals surface area (Å²) in [4.78, 5) is 48.7. The first-order valence-electron chi connectivity index (χ1n) is 11.5. The SMILES string of the molecule is CC(=O)OCC(=O)[C@@]1(OC(C)=O)CC[C@H]2[C@@H]3CC(F)C4=CC(=O)C=C[C@]4(C)[C@H]3C(O)C[C@@]21C. The van der Waals surface area contributed by atoms with E-state index in [1.165, 1.54) is 26.0 Å². The van der Waals surface area contributed by atoms with Gasteiger partial charge in [0.2, 0.25) is 5.78 Å². The summed E-state index contributed by atoms with van der Waals surface area (Å²) in [7, 11) is 0. The van der Waals surface area contributed by atoms with Crippen LogP contribution in [0.4, 0.5) is 4.39 Å². The Labute approximate surface area is 192 Å². The maximum Gasteiger partial charge on any atom is 0.303 e. The van der Waals surface area contributed by atoms with Gasteiger partial charge in [-0.2, -0.15) is 0 Å². The molecule has 0 aromatic carbocycles. The van der Waals surface area contributed by atoms with E-state index in [-0.39, 0.29) is 42.8 Å². The normalized spacial score (nSPS) is 43.6. The van der Waals surface area contributed by atoms with Crippen molar-refractivity contribution in [3.63, 3.8) is 0 Å². The highest BCUT2D eigenvalue weighted by molar-refractivity contribution is 6.01. The van der Waals surface area contributed by atoms with Crippen LogP contribution in [-0.2, 0) is 28.7 Å². The topological polar surface area (TPSA) is 107 Å². The highest BCUT2D eigenvalue weighted by atomic mass is 19.1. The summed E-state index contributed by atoms with van der Waals surface area (Å²) in [5.74, 6) is -2.86. The van der Waals surface area contributed by atoms with Gasteiger partial charge in [0.1, 0.15) is 6.17 Å². The zero-order valence-corrected chi connectivity index (χ0v) is 19.4.